The van der Waals surface area contributed by atoms with Crippen molar-refractivity contribution in [3.8, 4) is 0 Å². The van der Waals surface area contributed by atoms with Crippen molar-refractivity contribution in [2.24, 2.45) is 0 Å². The molecule has 0 spiro atoms. The molecular formula is C9H12BrNS. The van der Waals surface area contributed by atoms with Crippen LogP contribution in [-0.4, -0.2) is 6.54 Å². The zero-order valence-electron chi connectivity index (χ0n) is 7.06. The van der Waals surface area contributed by atoms with Crippen LogP contribution in [-0.2, 0) is 5.54 Å². The maximum absolute atomic E-state index is 3.58. The summed E-state index contributed by atoms with van der Waals surface area (Å²) in [5.41, 5.74) is 1.64. The molecule has 1 aliphatic rings. The van der Waals surface area contributed by atoms with Crippen molar-refractivity contribution in [1.82, 2.24) is 5.32 Å². The van der Waals surface area contributed by atoms with Gasteiger partial charge in [0.1, 0.15) is 0 Å². The number of hydrogen-bond acceptors (Lipinski definition) is 2. The fourth-order valence-electron chi connectivity index (χ4n) is 1.80. The van der Waals surface area contributed by atoms with E-state index in [4.69, 9.17) is 0 Å². The Morgan fingerprint density at radius 1 is 1.58 bits per heavy atom. The smallest absolute Gasteiger partial charge is 0.0426 e. The highest BCUT2D eigenvalue weighted by Gasteiger charge is 2.31. The van der Waals surface area contributed by atoms with Gasteiger partial charge in [0.25, 0.3) is 0 Å². The van der Waals surface area contributed by atoms with Crippen molar-refractivity contribution in [3.63, 3.8) is 0 Å². The van der Waals surface area contributed by atoms with E-state index in [1.807, 2.05) is 0 Å². The highest BCUT2D eigenvalue weighted by Crippen LogP contribution is 2.36. The molecule has 1 aromatic rings. The van der Waals surface area contributed by atoms with E-state index in [1.165, 1.54) is 22.9 Å². The van der Waals surface area contributed by atoms with Crippen LogP contribution in [0.1, 0.15) is 25.3 Å². The Bertz CT molecular complexity index is 276. The molecule has 0 amide bonds. The van der Waals surface area contributed by atoms with Crippen LogP contribution in [0.25, 0.3) is 0 Å². The van der Waals surface area contributed by atoms with Crippen molar-refractivity contribution in [2.75, 3.05) is 6.54 Å². The summed E-state index contributed by atoms with van der Waals surface area (Å²) >= 11 is 5.35. The molecule has 1 fully saturated rings. The summed E-state index contributed by atoms with van der Waals surface area (Å²) in [6.45, 7) is 3.44. The van der Waals surface area contributed by atoms with Crippen LogP contribution in [0, 0.1) is 0 Å². The Morgan fingerprint density at radius 2 is 2.42 bits per heavy atom. The zero-order chi connectivity index (χ0) is 8.60. The van der Waals surface area contributed by atoms with Gasteiger partial charge >= 0.3 is 0 Å². The van der Waals surface area contributed by atoms with E-state index in [9.17, 15) is 0 Å². The second-order valence-electron chi connectivity index (χ2n) is 3.50. The van der Waals surface area contributed by atoms with Crippen molar-refractivity contribution in [2.45, 2.75) is 25.3 Å². The maximum Gasteiger partial charge on any atom is 0.0426 e. The van der Waals surface area contributed by atoms with E-state index in [0.717, 1.165) is 6.54 Å². The van der Waals surface area contributed by atoms with Crippen molar-refractivity contribution in [1.29, 1.82) is 0 Å². The third-order valence-electron chi connectivity index (χ3n) is 2.58. The van der Waals surface area contributed by atoms with Gasteiger partial charge in [-0.3, -0.25) is 0 Å². The lowest BCUT2D eigenvalue weighted by Crippen LogP contribution is -2.32. The van der Waals surface area contributed by atoms with E-state index < -0.39 is 0 Å². The van der Waals surface area contributed by atoms with Crippen molar-refractivity contribution in [3.05, 3.63) is 20.8 Å². The fraction of sp³-hybridized carbons (Fsp3) is 0.556. The largest absolute Gasteiger partial charge is 0.308 e. The summed E-state index contributed by atoms with van der Waals surface area (Å²) in [5.74, 6) is 0. The summed E-state index contributed by atoms with van der Waals surface area (Å²) in [6.07, 6.45) is 2.54. The van der Waals surface area contributed by atoms with Gasteiger partial charge in [-0.1, -0.05) is 0 Å². The van der Waals surface area contributed by atoms with Crippen molar-refractivity contribution >= 4 is 27.3 Å². The SMILES string of the molecule is CC1(c2cscc2Br)CCCN1. The van der Waals surface area contributed by atoms with Gasteiger partial charge in [-0.25, -0.2) is 0 Å². The minimum Gasteiger partial charge on any atom is -0.308 e. The Labute approximate surface area is 85.3 Å². The summed E-state index contributed by atoms with van der Waals surface area (Å²) in [7, 11) is 0. The molecule has 2 rings (SSSR count). The van der Waals surface area contributed by atoms with Gasteiger partial charge in [-0.05, 0) is 53.2 Å². The minimum absolute atomic E-state index is 0.221. The second kappa shape index (κ2) is 3.13. The Kier molecular flexibility index (Phi) is 2.27. The average molecular weight is 246 g/mol. The topological polar surface area (TPSA) is 12.0 Å². The average Bonchev–Trinajstić information content (AvgIpc) is 2.59. The first-order valence-corrected chi connectivity index (χ1v) is 5.93. The molecule has 66 valence electrons. The predicted octanol–water partition coefficient (Wildman–Crippen LogP) is 3.11. The van der Waals surface area contributed by atoms with Crippen LogP contribution < -0.4 is 5.32 Å². The van der Waals surface area contributed by atoms with Gasteiger partial charge in [0.05, 0.1) is 0 Å². The fourth-order valence-corrected chi connectivity index (χ4v) is 3.66. The maximum atomic E-state index is 3.58. The van der Waals surface area contributed by atoms with Gasteiger partial charge in [0.2, 0.25) is 0 Å². The van der Waals surface area contributed by atoms with Gasteiger partial charge < -0.3 is 5.32 Å². The molecule has 0 saturated carbocycles. The third-order valence-corrected chi connectivity index (χ3v) is 4.28. The zero-order valence-corrected chi connectivity index (χ0v) is 9.46. The van der Waals surface area contributed by atoms with E-state index >= 15 is 0 Å². The first-order chi connectivity index (χ1) is 5.72. The number of rotatable bonds is 1. The van der Waals surface area contributed by atoms with E-state index in [0.29, 0.717) is 0 Å². The van der Waals surface area contributed by atoms with Crippen molar-refractivity contribution < 1.29 is 0 Å². The molecular weight excluding hydrogens is 234 g/mol. The molecule has 0 aliphatic carbocycles. The Balaban J connectivity index is 2.34. The lowest BCUT2D eigenvalue weighted by molar-refractivity contribution is 0.434. The molecule has 1 unspecified atom stereocenters. The molecule has 1 aromatic heterocycles. The summed E-state index contributed by atoms with van der Waals surface area (Å²) in [4.78, 5) is 0. The molecule has 1 atom stereocenters. The quantitative estimate of drug-likeness (QED) is 0.802. The van der Waals surface area contributed by atoms with Gasteiger partial charge in [-0.2, -0.15) is 11.3 Å². The molecule has 1 saturated heterocycles. The molecule has 1 aliphatic heterocycles. The number of nitrogens with one attached hydrogen (secondary N) is 1. The van der Waals surface area contributed by atoms with Crippen LogP contribution in [0.15, 0.2) is 15.2 Å². The van der Waals surface area contributed by atoms with Crippen LogP contribution in [0.4, 0.5) is 0 Å². The molecule has 1 nitrogen and oxygen atoms in total. The lowest BCUT2D eigenvalue weighted by atomic mass is 9.93. The van der Waals surface area contributed by atoms with Crippen LogP contribution in [0.5, 0.6) is 0 Å². The van der Waals surface area contributed by atoms with Gasteiger partial charge in [0, 0.05) is 15.4 Å². The summed E-state index contributed by atoms with van der Waals surface area (Å²) in [6, 6.07) is 0. The number of hydrogen-bond donors (Lipinski definition) is 1. The predicted molar refractivity (Wildman–Crippen MR) is 56.6 cm³/mol. The molecule has 0 bridgehead atoms. The monoisotopic (exact) mass is 245 g/mol. The molecule has 12 heavy (non-hydrogen) atoms. The first-order valence-electron chi connectivity index (χ1n) is 4.19. The molecule has 3 heteroatoms. The normalized spacial score (nSPS) is 29.5. The Hall–Kier alpha value is 0.140. The van der Waals surface area contributed by atoms with Crippen LogP contribution >= 0.6 is 27.3 Å². The van der Waals surface area contributed by atoms with E-state index in [1.54, 1.807) is 11.3 Å². The van der Waals surface area contributed by atoms with E-state index in [-0.39, 0.29) is 5.54 Å². The number of halogens is 1. The van der Waals surface area contributed by atoms with Crippen LogP contribution in [0.2, 0.25) is 0 Å². The second-order valence-corrected chi connectivity index (χ2v) is 5.09. The number of thiophene rings is 1. The molecule has 1 N–H and O–H groups in total. The highest BCUT2D eigenvalue weighted by atomic mass is 79.9. The molecule has 0 radical (unpaired) electrons. The third kappa shape index (κ3) is 1.34. The summed E-state index contributed by atoms with van der Waals surface area (Å²) in [5, 5.41) is 7.94. The summed E-state index contributed by atoms with van der Waals surface area (Å²) < 4.78 is 1.25. The molecule has 0 aromatic carbocycles. The van der Waals surface area contributed by atoms with E-state index in [2.05, 4.69) is 38.9 Å². The highest BCUT2D eigenvalue weighted by molar-refractivity contribution is 9.10. The first kappa shape index (κ1) is 8.73. The molecule has 2 heterocycles. The standard InChI is InChI=1S/C9H12BrNS/c1-9(3-2-4-11-9)7-5-12-6-8(7)10/h5-6,11H,2-4H2,1H3. The van der Waals surface area contributed by atoms with Crippen LogP contribution in [0.3, 0.4) is 0 Å². The van der Waals surface area contributed by atoms with Gasteiger partial charge in [-0.15, -0.1) is 0 Å². The lowest BCUT2D eigenvalue weighted by Gasteiger charge is -2.23. The minimum atomic E-state index is 0.221. The van der Waals surface area contributed by atoms with Gasteiger partial charge in [0.15, 0.2) is 0 Å². The Morgan fingerprint density at radius 3 is 2.92 bits per heavy atom.